The van der Waals surface area contributed by atoms with Gasteiger partial charge >= 0.3 is 0 Å². The molecule has 9 heteroatoms. The van der Waals surface area contributed by atoms with E-state index in [9.17, 15) is 4.79 Å². The first kappa shape index (κ1) is 20.9. The molecule has 4 aromatic rings. The SMILES string of the molecule is Cc1nc(COc2ccc(C(=O)Nc3cccc(-c4nnc5n4CCCCC5)c3)cc2)no1. The normalized spacial score (nSPS) is 13.2. The number of nitrogens with one attached hydrogen (secondary N) is 1. The van der Waals surface area contributed by atoms with Crippen LogP contribution in [0.1, 0.15) is 47.2 Å². The highest BCUT2D eigenvalue weighted by atomic mass is 16.5. The molecule has 2 aromatic carbocycles. The Morgan fingerprint density at radius 3 is 2.82 bits per heavy atom. The van der Waals surface area contributed by atoms with E-state index >= 15 is 0 Å². The molecule has 33 heavy (non-hydrogen) atoms. The van der Waals surface area contributed by atoms with Crippen LogP contribution in [0.2, 0.25) is 0 Å². The maximum atomic E-state index is 12.8. The smallest absolute Gasteiger partial charge is 0.255 e. The van der Waals surface area contributed by atoms with Crippen molar-refractivity contribution >= 4 is 11.6 Å². The van der Waals surface area contributed by atoms with Crippen LogP contribution in [0.4, 0.5) is 5.69 Å². The summed E-state index contributed by atoms with van der Waals surface area (Å²) < 4.78 is 12.8. The van der Waals surface area contributed by atoms with Crippen molar-refractivity contribution in [2.45, 2.75) is 45.8 Å². The van der Waals surface area contributed by atoms with E-state index in [0.29, 0.717) is 28.7 Å². The minimum Gasteiger partial charge on any atom is -0.485 e. The van der Waals surface area contributed by atoms with E-state index in [0.717, 1.165) is 43.0 Å². The summed E-state index contributed by atoms with van der Waals surface area (Å²) in [6.45, 7) is 2.85. The second-order valence-electron chi connectivity index (χ2n) is 7.98. The van der Waals surface area contributed by atoms with Crippen molar-refractivity contribution in [2.75, 3.05) is 5.32 Å². The van der Waals surface area contributed by atoms with E-state index < -0.39 is 0 Å². The fraction of sp³-hybridized carbons (Fsp3) is 0.292. The monoisotopic (exact) mass is 444 g/mol. The maximum Gasteiger partial charge on any atom is 0.255 e. The molecule has 3 heterocycles. The van der Waals surface area contributed by atoms with E-state index in [1.807, 2.05) is 24.3 Å². The van der Waals surface area contributed by atoms with E-state index in [4.69, 9.17) is 9.26 Å². The molecule has 5 rings (SSSR count). The Bertz CT molecular complexity index is 1260. The third-order valence-corrected chi connectivity index (χ3v) is 5.54. The number of anilines is 1. The molecule has 9 nitrogen and oxygen atoms in total. The maximum absolute atomic E-state index is 12.8. The number of carbonyl (C=O) groups is 1. The fourth-order valence-electron chi connectivity index (χ4n) is 3.89. The highest BCUT2D eigenvalue weighted by Gasteiger charge is 2.16. The summed E-state index contributed by atoms with van der Waals surface area (Å²) in [6, 6.07) is 14.6. The van der Waals surface area contributed by atoms with Crippen molar-refractivity contribution in [1.82, 2.24) is 24.9 Å². The first-order chi connectivity index (χ1) is 16.2. The molecule has 1 N–H and O–H groups in total. The molecule has 1 aliphatic heterocycles. The predicted molar refractivity (Wildman–Crippen MR) is 121 cm³/mol. The Morgan fingerprint density at radius 1 is 1.12 bits per heavy atom. The molecule has 0 saturated heterocycles. The van der Waals surface area contributed by atoms with Crippen LogP contribution in [0, 0.1) is 6.92 Å². The Morgan fingerprint density at radius 2 is 2.00 bits per heavy atom. The topological polar surface area (TPSA) is 108 Å². The van der Waals surface area contributed by atoms with E-state index in [2.05, 4.69) is 30.2 Å². The van der Waals surface area contributed by atoms with Crippen LogP contribution in [0.25, 0.3) is 11.4 Å². The highest BCUT2D eigenvalue weighted by molar-refractivity contribution is 6.04. The molecule has 1 amide bonds. The Labute approximate surface area is 190 Å². The van der Waals surface area contributed by atoms with Crippen LogP contribution in [-0.2, 0) is 19.6 Å². The van der Waals surface area contributed by atoms with Gasteiger partial charge in [0.25, 0.3) is 5.91 Å². The third-order valence-electron chi connectivity index (χ3n) is 5.54. The second-order valence-corrected chi connectivity index (χ2v) is 7.98. The predicted octanol–water partition coefficient (Wildman–Crippen LogP) is 4.19. The average molecular weight is 444 g/mol. The Hall–Kier alpha value is -4.01. The van der Waals surface area contributed by atoms with Crippen molar-refractivity contribution in [3.8, 4) is 17.1 Å². The van der Waals surface area contributed by atoms with Gasteiger partial charge in [-0.1, -0.05) is 23.7 Å². The summed E-state index contributed by atoms with van der Waals surface area (Å²) >= 11 is 0. The number of aromatic nitrogens is 5. The lowest BCUT2D eigenvalue weighted by atomic mass is 10.1. The van der Waals surface area contributed by atoms with E-state index in [1.165, 1.54) is 6.42 Å². The summed E-state index contributed by atoms with van der Waals surface area (Å²) in [4.78, 5) is 16.9. The summed E-state index contributed by atoms with van der Waals surface area (Å²) in [5.74, 6) is 3.26. The van der Waals surface area contributed by atoms with Gasteiger partial charge in [-0.2, -0.15) is 4.98 Å². The number of rotatable bonds is 6. The summed E-state index contributed by atoms with van der Waals surface area (Å²) in [5, 5.41) is 15.5. The van der Waals surface area contributed by atoms with Crippen LogP contribution < -0.4 is 10.1 Å². The lowest BCUT2D eigenvalue weighted by Gasteiger charge is -2.10. The molecule has 0 saturated carbocycles. The minimum absolute atomic E-state index is 0.196. The summed E-state index contributed by atoms with van der Waals surface area (Å²) in [7, 11) is 0. The molecule has 0 unspecified atom stereocenters. The van der Waals surface area contributed by atoms with Crippen molar-refractivity contribution in [1.29, 1.82) is 0 Å². The minimum atomic E-state index is -0.201. The standard InChI is InChI=1S/C24H24N6O3/c1-16-25-21(29-33-16)15-32-20-11-9-17(10-12-20)24(31)26-19-7-5-6-18(14-19)23-28-27-22-8-3-2-4-13-30(22)23/h5-7,9-12,14H,2-4,8,13,15H2,1H3,(H,26,31). The summed E-state index contributed by atoms with van der Waals surface area (Å²) in [6.07, 6.45) is 4.44. The molecule has 0 fully saturated rings. The number of fused-ring (bicyclic) bond motifs is 1. The van der Waals surface area contributed by atoms with Crippen molar-refractivity contribution in [3.05, 3.63) is 71.6 Å². The molecule has 2 aromatic heterocycles. The van der Waals surface area contributed by atoms with Crippen LogP contribution in [0.15, 0.2) is 53.1 Å². The number of carbonyl (C=O) groups excluding carboxylic acids is 1. The number of ether oxygens (including phenoxy) is 1. The van der Waals surface area contributed by atoms with Crippen molar-refractivity contribution in [3.63, 3.8) is 0 Å². The molecule has 168 valence electrons. The zero-order valence-corrected chi connectivity index (χ0v) is 18.3. The van der Waals surface area contributed by atoms with Crippen molar-refractivity contribution in [2.24, 2.45) is 0 Å². The number of benzene rings is 2. The van der Waals surface area contributed by atoms with Gasteiger partial charge in [-0.3, -0.25) is 4.79 Å². The summed E-state index contributed by atoms with van der Waals surface area (Å²) in [5.41, 5.74) is 2.17. The first-order valence-corrected chi connectivity index (χ1v) is 11.0. The van der Waals surface area contributed by atoms with Crippen LogP contribution in [0.5, 0.6) is 5.75 Å². The van der Waals surface area contributed by atoms with Gasteiger partial charge in [-0.25, -0.2) is 0 Å². The van der Waals surface area contributed by atoms with Gasteiger partial charge in [0.15, 0.2) is 12.4 Å². The van der Waals surface area contributed by atoms with E-state index in [1.54, 1.807) is 31.2 Å². The van der Waals surface area contributed by atoms with Gasteiger partial charge in [0, 0.05) is 36.7 Å². The first-order valence-electron chi connectivity index (χ1n) is 11.0. The van der Waals surface area contributed by atoms with Gasteiger partial charge in [0.1, 0.15) is 11.6 Å². The third kappa shape index (κ3) is 4.77. The average Bonchev–Trinajstić information content (AvgIpc) is 3.36. The Balaban J connectivity index is 1.25. The van der Waals surface area contributed by atoms with Crippen molar-refractivity contribution < 1.29 is 14.1 Å². The molecule has 0 atom stereocenters. The van der Waals surface area contributed by atoms with Gasteiger partial charge in [0.2, 0.25) is 11.7 Å². The zero-order chi connectivity index (χ0) is 22.6. The van der Waals surface area contributed by atoms with Gasteiger partial charge in [-0.15, -0.1) is 10.2 Å². The zero-order valence-electron chi connectivity index (χ0n) is 18.3. The van der Waals surface area contributed by atoms with Crippen LogP contribution in [0.3, 0.4) is 0 Å². The highest BCUT2D eigenvalue weighted by Crippen LogP contribution is 2.25. The van der Waals surface area contributed by atoms with Gasteiger partial charge in [0.05, 0.1) is 0 Å². The molecular weight excluding hydrogens is 420 g/mol. The molecule has 0 bridgehead atoms. The van der Waals surface area contributed by atoms with Crippen LogP contribution in [-0.4, -0.2) is 30.8 Å². The Kier molecular flexibility index (Phi) is 5.84. The lowest BCUT2D eigenvalue weighted by Crippen LogP contribution is -2.12. The molecule has 0 spiro atoms. The lowest BCUT2D eigenvalue weighted by molar-refractivity contribution is 0.102. The molecule has 0 aliphatic carbocycles. The number of hydrogen-bond donors (Lipinski definition) is 1. The number of amides is 1. The fourth-order valence-corrected chi connectivity index (χ4v) is 3.89. The van der Waals surface area contributed by atoms with Crippen LogP contribution >= 0.6 is 0 Å². The number of nitrogens with zero attached hydrogens (tertiary/aromatic N) is 5. The number of aryl methyl sites for hydroxylation is 2. The molecule has 1 aliphatic rings. The number of hydrogen-bond acceptors (Lipinski definition) is 7. The molecular formula is C24H24N6O3. The quantitative estimate of drug-likeness (QED) is 0.475. The van der Waals surface area contributed by atoms with E-state index in [-0.39, 0.29) is 12.5 Å². The largest absolute Gasteiger partial charge is 0.485 e. The van der Waals surface area contributed by atoms with Gasteiger partial charge in [-0.05, 0) is 49.2 Å². The second kappa shape index (κ2) is 9.23. The molecule has 0 radical (unpaired) electrons. The van der Waals surface area contributed by atoms with Gasteiger partial charge < -0.3 is 19.1 Å².